The molecule has 0 saturated heterocycles. The first kappa shape index (κ1) is 11.8. The number of hydrogen-bond acceptors (Lipinski definition) is 5. The minimum Gasteiger partial charge on any atom is -0.379 e. The number of thiazole rings is 1. The van der Waals surface area contributed by atoms with Crippen LogP contribution in [0.15, 0.2) is 42.7 Å². The van der Waals surface area contributed by atoms with Crippen molar-refractivity contribution in [3.8, 4) is 10.6 Å². The van der Waals surface area contributed by atoms with Gasteiger partial charge in [-0.15, -0.1) is 22.7 Å². The predicted octanol–water partition coefficient (Wildman–Crippen LogP) is 4.61. The molecule has 0 aliphatic rings. The largest absolute Gasteiger partial charge is 0.379 e. The molecule has 1 aromatic carbocycles. The maximum atomic E-state index is 4.78. The molecule has 5 heteroatoms. The molecular weight excluding hydrogens is 286 g/mol. The smallest absolute Gasteiger partial charge is 0.128 e. The Morgan fingerprint density at radius 3 is 2.80 bits per heavy atom. The molecule has 3 nitrogen and oxygen atoms in total. The molecule has 0 saturated carbocycles. The van der Waals surface area contributed by atoms with Gasteiger partial charge < -0.3 is 5.32 Å². The number of nitrogens with one attached hydrogen (secondary N) is 1. The fraction of sp³-hybridized carbons (Fsp3) is 0.0667. The van der Waals surface area contributed by atoms with Crippen LogP contribution in [0.5, 0.6) is 0 Å². The van der Waals surface area contributed by atoms with Gasteiger partial charge in [-0.1, -0.05) is 12.1 Å². The second-order valence-corrected chi connectivity index (χ2v) is 6.50. The van der Waals surface area contributed by atoms with Crippen molar-refractivity contribution in [2.75, 3.05) is 12.4 Å². The minimum absolute atomic E-state index is 1.06. The molecule has 0 atom stereocenters. The fourth-order valence-electron chi connectivity index (χ4n) is 2.32. The van der Waals surface area contributed by atoms with Crippen LogP contribution in [0.3, 0.4) is 0 Å². The Kier molecular flexibility index (Phi) is 2.68. The Morgan fingerprint density at radius 2 is 1.95 bits per heavy atom. The van der Waals surface area contributed by atoms with E-state index in [1.165, 1.54) is 20.3 Å². The summed E-state index contributed by atoms with van der Waals surface area (Å²) in [5.74, 6) is 0. The molecule has 3 heterocycles. The van der Waals surface area contributed by atoms with Crippen LogP contribution in [0.1, 0.15) is 0 Å². The van der Waals surface area contributed by atoms with E-state index in [4.69, 9.17) is 4.98 Å². The molecular formula is C15H11N3S2. The topological polar surface area (TPSA) is 37.8 Å². The Bertz CT molecular complexity index is 875. The third-order valence-corrected chi connectivity index (χ3v) is 5.44. The van der Waals surface area contributed by atoms with Crippen molar-refractivity contribution in [2.45, 2.75) is 0 Å². The van der Waals surface area contributed by atoms with Crippen molar-refractivity contribution >= 4 is 48.0 Å². The van der Waals surface area contributed by atoms with E-state index in [0.717, 1.165) is 15.5 Å². The first-order valence-corrected chi connectivity index (χ1v) is 7.90. The molecule has 0 bridgehead atoms. The van der Waals surface area contributed by atoms with Crippen molar-refractivity contribution in [3.05, 3.63) is 42.7 Å². The van der Waals surface area contributed by atoms with Crippen LogP contribution in [0, 0.1) is 0 Å². The van der Waals surface area contributed by atoms with Gasteiger partial charge in [-0.25, -0.2) is 4.98 Å². The summed E-state index contributed by atoms with van der Waals surface area (Å²) in [6, 6.07) is 10.3. The summed E-state index contributed by atoms with van der Waals surface area (Å²) in [6.07, 6.45) is 3.75. The van der Waals surface area contributed by atoms with E-state index in [9.17, 15) is 0 Å². The number of para-hydroxylation sites is 1. The van der Waals surface area contributed by atoms with Crippen LogP contribution in [0.2, 0.25) is 0 Å². The highest BCUT2D eigenvalue weighted by molar-refractivity contribution is 7.25. The maximum absolute atomic E-state index is 4.78. The average Bonchev–Trinajstić information content (AvgIpc) is 3.07. The predicted molar refractivity (Wildman–Crippen MR) is 87.8 cm³/mol. The zero-order chi connectivity index (χ0) is 13.5. The van der Waals surface area contributed by atoms with Gasteiger partial charge in [0.15, 0.2) is 0 Å². The first-order valence-electron chi connectivity index (χ1n) is 6.27. The number of nitrogens with zero attached hydrogens (tertiary/aromatic N) is 2. The maximum Gasteiger partial charge on any atom is 0.128 e. The van der Waals surface area contributed by atoms with Crippen molar-refractivity contribution in [1.29, 1.82) is 0 Å². The second kappa shape index (κ2) is 4.54. The molecule has 4 aromatic rings. The van der Waals surface area contributed by atoms with Gasteiger partial charge in [-0.05, 0) is 18.2 Å². The number of pyridine rings is 1. The lowest BCUT2D eigenvalue weighted by Gasteiger charge is -1.99. The Balaban J connectivity index is 2.05. The number of benzene rings is 1. The third-order valence-electron chi connectivity index (χ3n) is 3.23. The summed E-state index contributed by atoms with van der Waals surface area (Å²) in [5, 5.41) is 6.71. The highest BCUT2D eigenvalue weighted by Crippen LogP contribution is 2.44. The number of fused-ring (bicyclic) bond motifs is 2. The standard InChI is InChI=1S/C15H11N3S2/c1-16-14-13(9-6-7-17-8-12(9)20-14)15-18-10-4-2-3-5-11(10)19-15/h2-8,16H,1H3. The van der Waals surface area contributed by atoms with Crippen LogP contribution >= 0.6 is 22.7 Å². The summed E-state index contributed by atoms with van der Waals surface area (Å²) in [5.41, 5.74) is 2.25. The van der Waals surface area contributed by atoms with Crippen molar-refractivity contribution in [3.63, 3.8) is 0 Å². The molecule has 0 aliphatic heterocycles. The van der Waals surface area contributed by atoms with Crippen LogP contribution in [0.25, 0.3) is 30.9 Å². The summed E-state index contributed by atoms with van der Waals surface area (Å²) >= 11 is 3.46. The third kappa shape index (κ3) is 1.71. The molecule has 1 N–H and O–H groups in total. The summed E-state index contributed by atoms with van der Waals surface area (Å²) in [6.45, 7) is 0. The molecule has 4 rings (SSSR count). The lowest BCUT2D eigenvalue weighted by Crippen LogP contribution is -1.86. The van der Waals surface area contributed by atoms with E-state index in [0.29, 0.717) is 0 Å². The van der Waals surface area contributed by atoms with Crippen LogP contribution in [-0.2, 0) is 0 Å². The van der Waals surface area contributed by atoms with Gasteiger partial charge in [0.2, 0.25) is 0 Å². The monoisotopic (exact) mass is 297 g/mol. The van der Waals surface area contributed by atoms with Crippen LogP contribution in [-0.4, -0.2) is 17.0 Å². The molecule has 0 unspecified atom stereocenters. The number of rotatable bonds is 2. The Morgan fingerprint density at radius 1 is 1.05 bits per heavy atom. The van der Waals surface area contributed by atoms with Gasteiger partial charge in [-0.3, -0.25) is 4.98 Å². The number of anilines is 1. The SMILES string of the molecule is CNc1sc2cnccc2c1-c1nc2ccccc2s1. The second-order valence-electron chi connectivity index (χ2n) is 4.41. The molecule has 0 spiro atoms. The molecule has 0 amide bonds. The van der Waals surface area contributed by atoms with E-state index in [1.54, 1.807) is 22.7 Å². The van der Waals surface area contributed by atoms with E-state index in [1.807, 2.05) is 25.5 Å². The Labute approximate surface area is 123 Å². The van der Waals surface area contributed by atoms with Gasteiger partial charge in [0.25, 0.3) is 0 Å². The van der Waals surface area contributed by atoms with Crippen molar-refractivity contribution in [1.82, 2.24) is 9.97 Å². The zero-order valence-corrected chi connectivity index (χ0v) is 12.4. The van der Waals surface area contributed by atoms with Gasteiger partial charge in [0, 0.05) is 24.8 Å². The van der Waals surface area contributed by atoms with E-state index in [2.05, 4.69) is 34.6 Å². The molecule has 98 valence electrons. The molecule has 0 radical (unpaired) electrons. The Hall–Kier alpha value is -1.98. The lowest BCUT2D eigenvalue weighted by molar-refractivity contribution is 1.37. The molecule has 0 fully saturated rings. The zero-order valence-electron chi connectivity index (χ0n) is 10.8. The minimum atomic E-state index is 1.06. The quantitative estimate of drug-likeness (QED) is 0.587. The highest BCUT2D eigenvalue weighted by atomic mass is 32.1. The number of aromatic nitrogens is 2. The van der Waals surface area contributed by atoms with Gasteiger partial charge in [0.1, 0.15) is 5.01 Å². The normalized spacial score (nSPS) is 11.2. The van der Waals surface area contributed by atoms with Crippen molar-refractivity contribution in [2.24, 2.45) is 0 Å². The van der Waals surface area contributed by atoms with Gasteiger partial charge >= 0.3 is 0 Å². The van der Waals surface area contributed by atoms with E-state index in [-0.39, 0.29) is 0 Å². The summed E-state index contributed by atoms with van der Waals surface area (Å²) in [4.78, 5) is 8.98. The molecule has 20 heavy (non-hydrogen) atoms. The van der Waals surface area contributed by atoms with Crippen LogP contribution < -0.4 is 5.32 Å². The first-order chi connectivity index (χ1) is 9.86. The number of thiophene rings is 1. The van der Waals surface area contributed by atoms with Gasteiger partial charge in [-0.2, -0.15) is 0 Å². The van der Waals surface area contributed by atoms with Gasteiger partial charge in [0.05, 0.1) is 25.5 Å². The van der Waals surface area contributed by atoms with Crippen molar-refractivity contribution < 1.29 is 0 Å². The average molecular weight is 297 g/mol. The lowest BCUT2D eigenvalue weighted by atomic mass is 10.2. The summed E-state index contributed by atoms with van der Waals surface area (Å²) in [7, 11) is 1.95. The molecule has 3 aromatic heterocycles. The molecule has 0 aliphatic carbocycles. The fourth-order valence-corrected chi connectivity index (χ4v) is 4.44. The van der Waals surface area contributed by atoms with E-state index < -0.39 is 0 Å². The summed E-state index contributed by atoms with van der Waals surface area (Å²) < 4.78 is 2.41. The van der Waals surface area contributed by atoms with E-state index >= 15 is 0 Å². The highest BCUT2D eigenvalue weighted by Gasteiger charge is 2.16. The van der Waals surface area contributed by atoms with Crippen LogP contribution in [0.4, 0.5) is 5.00 Å². The number of hydrogen-bond donors (Lipinski definition) is 1.